The number of aliphatic hydroxyl groups excluding tert-OH is 1. The van der Waals surface area contributed by atoms with Crippen LogP contribution in [0.3, 0.4) is 0 Å². The predicted octanol–water partition coefficient (Wildman–Crippen LogP) is 1.18. The van der Waals surface area contributed by atoms with Crippen molar-refractivity contribution in [1.82, 2.24) is 10.2 Å². The van der Waals surface area contributed by atoms with Crippen LogP contribution in [0, 0.1) is 0 Å². The molecule has 2 unspecified atom stereocenters. The van der Waals surface area contributed by atoms with Gasteiger partial charge < -0.3 is 15.3 Å². The molecule has 1 aromatic rings. The molecule has 0 aliphatic carbocycles. The molecule has 0 saturated carbocycles. The van der Waals surface area contributed by atoms with Crippen LogP contribution in [0.15, 0.2) is 24.3 Å². The SMILES string of the molecule is OC1CNC(CN2CCN(c3ccccc3Cl)CC2)C1. The van der Waals surface area contributed by atoms with Crippen molar-refractivity contribution in [2.45, 2.75) is 18.6 Å². The number of β-amino-alcohol motifs (C(OH)–C–C–N with tert-alkyl or cyclic N) is 1. The molecule has 2 N–H and O–H groups in total. The summed E-state index contributed by atoms with van der Waals surface area (Å²) < 4.78 is 0. The lowest BCUT2D eigenvalue weighted by Crippen LogP contribution is -2.49. The molecule has 0 radical (unpaired) electrons. The number of nitrogens with one attached hydrogen (secondary N) is 1. The molecular formula is C15H22ClN3O. The second kappa shape index (κ2) is 6.31. The molecular weight excluding hydrogens is 274 g/mol. The Balaban J connectivity index is 1.51. The van der Waals surface area contributed by atoms with E-state index in [1.54, 1.807) is 0 Å². The van der Waals surface area contributed by atoms with Gasteiger partial charge in [-0.1, -0.05) is 23.7 Å². The first-order valence-corrected chi connectivity index (χ1v) is 7.73. The van der Waals surface area contributed by atoms with Gasteiger partial charge in [0.05, 0.1) is 16.8 Å². The molecule has 2 fully saturated rings. The molecule has 5 heteroatoms. The Morgan fingerprint density at radius 1 is 1.20 bits per heavy atom. The van der Waals surface area contributed by atoms with Crippen molar-refractivity contribution in [3.63, 3.8) is 0 Å². The van der Waals surface area contributed by atoms with Gasteiger partial charge in [0.25, 0.3) is 0 Å². The Kier molecular flexibility index (Phi) is 4.46. The van der Waals surface area contributed by atoms with Crippen LogP contribution >= 0.6 is 11.6 Å². The lowest BCUT2D eigenvalue weighted by atomic mass is 10.1. The number of para-hydroxylation sites is 1. The summed E-state index contributed by atoms with van der Waals surface area (Å²) in [5.41, 5.74) is 1.14. The van der Waals surface area contributed by atoms with Crippen LogP contribution in [0.25, 0.3) is 0 Å². The first-order valence-electron chi connectivity index (χ1n) is 7.35. The van der Waals surface area contributed by atoms with E-state index in [1.807, 2.05) is 18.2 Å². The van der Waals surface area contributed by atoms with E-state index in [0.29, 0.717) is 6.04 Å². The number of hydrogen-bond acceptors (Lipinski definition) is 4. The minimum Gasteiger partial charge on any atom is -0.392 e. The molecule has 2 saturated heterocycles. The van der Waals surface area contributed by atoms with Crippen molar-refractivity contribution in [2.75, 3.05) is 44.2 Å². The van der Waals surface area contributed by atoms with Gasteiger partial charge in [-0.2, -0.15) is 0 Å². The van der Waals surface area contributed by atoms with E-state index in [1.165, 1.54) is 0 Å². The van der Waals surface area contributed by atoms with Crippen molar-refractivity contribution in [3.05, 3.63) is 29.3 Å². The summed E-state index contributed by atoms with van der Waals surface area (Å²) in [7, 11) is 0. The number of hydrogen-bond donors (Lipinski definition) is 2. The van der Waals surface area contributed by atoms with E-state index in [4.69, 9.17) is 11.6 Å². The third-order valence-electron chi connectivity index (χ3n) is 4.24. The topological polar surface area (TPSA) is 38.7 Å². The maximum Gasteiger partial charge on any atom is 0.0680 e. The van der Waals surface area contributed by atoms with E-state index in [-0.39, 0.29) is 6.10 Å². The average molecular weight is 296 g/mol. The zero-order valence-corrected chi connectivity index (χ0v) is 12.4. The smallest absolute Gasteiger partial charge is 0.0680 e. The lowest BCUT2D eigenvalue weighted by Gasteiger charge is -2.37. The van der Waals surface area contributed by atoms with Gasteiger partial charge in [-0.15, -0.1) is 0 Å². The number of anilines is 1. The van der Waals surface area contributed by atoms with Crippen LogP contribution in [0.4, 0.5) is 5.69 Å². The Morgan fingerprint density at radius 3 is 2.60 bits per heavy atom. The van der Waals surface area contributed by atoms with E-state index in [0.717, 1.165) is 56.4 Å². The molecule has 2 atom stereocenters. The molecule has 4 nitrogen and oxygen atoms in total. The van der Waals surface area contributed by atoms with Crippen molar-refractivity contribution in [1.29, 1.82) is 0 Å². The van der Waals surface area contributed by atoms with E-state index < -0.39 is 0 Å². The van der Waals surface area contributed by atoms with Crippen LogP contribution < -0.4 is 10.2 Å². The maximum atomic E-state index is 9.55. The quantitative estimate of drug-likeness (QED) is 0.878. The Morgan fingerprint density at radius 2 is 1.95 bits per heavy atom. The normalized spacial score (nSPS) is 28.0. The highest BCUT2D eigenvalue weighted by atomic mass is 35.5. The molecule has 20 heavy (non-hydrogen) atoms. The molecule has 1 aromatic carbocycles. The summed E-state index contributed by atoms with van der Waals surface area (Å²) in [5, 5.41) is 13.8. The van der Waals surface area contributed by atoms with Gasteiger partial charge >= 0.3 is 0 Å². The fraction of sp³-hybridized carbons (Fsp3) is 0.600. The number of piperazine rings is 1. The average Bonchev–Trinajstić information content (AvgIpc) is 2.86. The third-order valence-corrected chi connectivity index (χ3v) is 4.56. The predicted molar refractivity (Wildman–Crippen MR) is 82.5 cm³/mol. The van der Waals surface area contributed by atoms with Crippen LogP contribution in [0.1, 0.15) is 6.42 Å². The molecule has 0 aromatic heterocycles. The zero-order valence-electron chi connectivity index (χ0n) is 11.6. The highest BCUT2D eigenvalue weighted by Gasteiger charge is 2.26. The summed E-state index contributed by atoms with van der Waals surface area (Å²) in [4.78, 5) is 4.83. The van der Waals surface area contributed by atoms with Crippen molar-refractivity contribution in [3.8, 4) is 0 Å². The number of benzene rings is 1. The van der Waals surface area contributed by atoms with Gasteiger partial charge in [-0.05, 0) is 18.6 Å². The van der Waals surface area contributed by atoms with E-state index in [9.17, 15) is 5.11 Å². The Hall–Kier alpha value is -0.810. The third kappa shape index (κ3) is 3.26. The van der Waals surface area contributed by atoms with Gasteiger partial charge in [-0.3, -0.25) is 4.90 Å². The summed E-state index contributed by atoms with van der Waals surface area (Å²) >= 11 is 6.25. The summed E-state index contributed by atoms with van der Waals surface area (Å²) in [5.74, 6) is 0. The number of nitrogens with zero attached hydrogens (tertiary/aromatic N) is 2. The Labute approximate surface area is 125 Å². The van der Waals surface area contributed by atoms with E-state index in [2.05, 4.69) is 21.2 Å². The summed E-state index contributed by atoms with van der Waals surface area (Å²) in [6, 6.07) is 8.49. The van der Waals surface area contributed by atoms with Crippen molar-refractivity contribution < 1.29 is 5.11 Å². The Bertz CT molecular complexity index is 448. The number of halogens is 1. The highest BCUT2D eigenvalue weighted by molar-refractivity contribution is 6.33. The standard InChI is InChI=1S/C15H22ClN3O/c16-14-3-1-2-4-15(14)19-7-5-18(6-8-19)11-12-9-13(20)10-17-12/h1-4,12-13,17,20H,5-11H2. The number of rotatable bonds is 3. The van der Waals surface area contributed by atoms with Gasteiger partial charge in [0.1, 0.15) is 0 Å². The van der Waals surface area contributed by atoms with Crippen LogP contribution in [0.5, 0.6) is 0 Å². The van der Waals surface area contributed by atoms with Crippen LogP contribution in [-0.4, -0.2) is 61.4 Å². The van der Waals surface area contributed by atoms with Crippen molar-refractivity contribution in [2.24, 2.45) is 0 Å². The minimum atomic E-state index is -0.163. The fourth-order valence-electron chi connectivity index (χ4n) is 3.13. The number of aliphatic hydroxyl groups is 1. The largest absolute Gasteiger partial charge is 0.392 e. The van der Waals surface area contributed by atoms with Crippen molar-refractivity contribution >= 4 is 17.3 Å². The first kappa shape index (κ1) is 14.1. The van der Waals surface area contributed by atoms with Gasteiger partial charge in [0, 0.05) is 45.3 Å². The molecule has 110 valence electrons. The first-order chi connectivity index (χ1) is 9.72. The minimum absolute atomic E-state index is 0.163. The molecule has 2 aliphatic heterocycles. The second-order valence-electron chi connectivity index (χ2n) is 5.73. The van der Waals surface area contributed by atoms with Crippen LogP contribution in [0.2, 0.25) is 5.02 Å². The van der Waals surface area contributed by atoms with Gasteiger partial charge in [0.2, 0.25) is 0 Å². The zero-order chi connectivity index (χ0) is 13.9. The summed E-state index contributed by atoms with van der Waals surface area (Å²) in [6.07, 6.45) is 0.717. The molecule has 0 spiro atoms. The molecule has 3 rings (SSSR count). The monoisotopic (exact) mass is 295 g/mol. The highest BCUT2D eigenvalue weighted by Crippen LogP contribution is 2.26. The molecule has 2 heterocycles. The van der Waals surface area contributed by atoms with Gasteiger partial charge in [0.15, 0.2) is 0 Å². The summed E-state index contributed by atoms with van der Waals surface area (Å²) in [6.45, 7) is 5.91. The lowest BCUT2D eigenvalue weighted by molar-refractivity contribution is 0.185. The molecule has 0 amide bonds. The molecule has 0 bridgehead atoms. The second-order valence-corrected chi connectivity index (χ2v) is 6.14. The van der Waals surface area contributed by atoms with Crippen LogP contribution in [-0.2, 0) is 0 Å². The van der Waals surface area contributed by atoms with Gasteiger partial charge in [-0.25, -0.2) is 0 Å². The fourth-order valence-corrected chi connectivity index (χ4v) is 3.38. The molecule has 2 aliphatic rings. The van der Waals surface area contributed by atoms with E-state index >= 15 is 0 Å². The maximum absolute atomic E-state index is 9.55.